The first-order valence-corrected chi connectivity index (χ1v) is 4.71. The zero-order valence-corrected chi connectivity index (χ0v) is 9.01. The van der Waals surface area contributed by atoms with E-state index < -0.39 is 17.6 Å². The molecule has 0 aliphatic rings. The highest BCUT2D eigenvalue weighted by atomic mass is 35.5. The second-order valence-corrected chi connectivity index (χ2v) is 3.45. The van der Waals surface area contributed by atoms with E-state index in [0.717, 1.165) is 24.3 Å². The van der Waals surface area contributed by atoms with Crippen molar-refractivity contribution in [3.8, 4) is 0 Å². The Morgan fingerprint density at radius 1 is 1.41 bits per heavy atom. The van der Waals surface area contributed by atoms with Crippen LogP contribution in [-0.4, -0.2) is 11.1 Å². The van der Waals surface area contributed by atoms with Crippen molar-refractivity contribution in [1.82, 2.24) is 5.48 Å². The lowest BCUT2D eigenvalue weighted by Gasteiger charge is -2.07. The van der Waals surface area contributed by atoms with E-state index in [2.05, 4.69) is 0 Å². The smallest absolute Gasteiger partial charge is 0.288 e. The fourth-order valence-electron chi connectivity index (χ4n) is 1.04. The first-order valence-electron chi connectivity index (χ1n) is 4.33. The van der Waals surface area contributed by atoms with Gasteiger partial charge in [-0.15, -0.1) is 0 Å². The van der Waals surface area contributed by atoms with E-state index in [1.807, 2.05) is 0 Å². The molecule has 0 unspecified atom stereocenters. The van der Waals surface area contributed by atoms with Crippen LogP contribution in [0.5, 0.6) is 0 Å². The standard InChI is InChI=1S/C10H7ClF3NO2/c11-8-5-7(10(12,13)14)3-1-6(8)2-4-9(16)15-17/h1-5,17H,(H,15,16)/b4-2+. The summed E-state index contributed by atoms with van der Waals surface area (Å²) in [4.78, 5) is 10.7. The van der Waals surface area contributed by atoms with E-state index in [9.17, 15) is 18.0 Å². The molecule has 0 bridgehead atoms. The number of carbonyl (C=O) groups excluding carboxylic acids is 1. The third kappa shape index (κ3) is 3.76. The van der Waals surface area contributed by atoms with E-state index in [0.29, 0.717) is 0 Å². The fourth-order valence-corrected chi connectivity index (χ4v) is 1.28. The Morgan fingerprint density at radius 3 is 2.53 bits per heavy atom. The number of halogens is 4. The number of carbonyl (C=O) groups is 1. The molecule has 0 aromatic heterocycles. The molecular weight excluding hydrogens is 259 g/mol. The van der Waals surface area contributed by atoms with Crippen molar-refractivity contribution in [3.63, 3.8) is 0 Å². The first-order chi connectivity index (χ1) is 7.84. The molecule has 3 nitrogen and oxygen atoms in total. The highest BCUT2D eigenvalue weighted by Gasteiger charge is 2.30. The van der Waals surface area contributed by atoms with Gasteiger partial charge in [-0.25, -0.2) is 5.48 Å². The van der Waals surface area contributed by atoms with Crippen molar-refractivity contribution in [2.75, 3.05) is 0 Å². The van der Waals surface area contributed by atoms with E-state index in [1.54, 1.807) is 0 Å². The van der Waals surface area contributed by atoms with Crippen molar-refractivity contribution in [3.05, 3.63) is 40.4 Å². The molecule has 17 heavy (non-hydrogen) atoms. The van der Waals surface area contributed by atoms with Gasteiger partial charge in [-0.2, -0.15) is 13.2 Å². The molecule has 1 rings (SSSR count). The zero-order chi connectivity index (χ0) is 13.1. The largest absolute Gasteiger partial charge is 0.416 e. The Bertz CT molecular complexity index is 457. The van der Waals surface area contributed by atoms with Crippen LogP contribution >= 0.6 is 11.6 Å². The summed E-state index contributed by atoms with van der Waals surface area (Å²) in [6, 6.07) is 2.74. The summed E-state index contributed by atoms with van der Waals surface area (Å²) in [6.45, 7) is 0. The molecule has 7 heteroatoms. The van der Waals surface area contributed by atoms with E-state index >= 15 is 0 Å². The molecule has 1 aromatic carbocycles. The molecule has 0 atom stereocenters. The van der Waals surface area contributed by atoms with Crippen LogP contribution in [-0.2, 0) is 11.0 Å². The maximum Gasteiger partial charge on any atom is 0.416 e. The van der Waals surface area contributed by atoms with Crippen LogP contribution in [0.1, 0.15) is 11.1 Å². The predicted octanol–water partition coefficient (Wildman–Crippen LogP) is 2.88. The number of hydroxylamine groups is 1. The van der Waals surface area contributed by atoms with Gasteiger partial charge in [-0.3, -0.25) is 10.0 Å². The highest BCUT2D eigenvalue weighted by Crippen LogP contribution is 2.32. The number of amides is 1. The van der Waals surface area contributed by atoms with E-state index in [-0.39, 0.29) is 10.6 Å². The summed E-state index contributed by atoms with van der Waals surface area (Å²) >= 11 is 5.62. The number of rotatable bonds is 2. The third-order valence-electron chi connectivity index (χ3n) is 1.85. The van der Waals surface area contributed by atoms with E-state index in [1.165, 1.54) is 11.6 Å². The highest BCUT2D eigenvalue weighted by molar-refractivity contribution is 6.32. The zero-order valence-electron chi connectivity index (χ0n) is 8.25. The molecule has 0 saturated heterocycles. The Balaban J connectivity index is 2.99. The van der Waals surface area contributed by atoms with Crippen molar-refractivity contribution >= 4 is 23.6 Å². The maximum absolute atomic E-state index is 12.3. The molecule has 0 radical (unpaired) electrons. The summed E-state index contributed by atoms with van der Waals surface area (Å²) in [6.07, 6.45) is -2.34. The Morgan fingerprint density at radius 2 is 2.06 bits per heavy atom. The number of nitrogens with one attached hydrogen (secondary N) is 1. The van der Waals surface area contributed by atoms with Crippen LogP contribution in [0.25, 0.3) is 6.08 Å². The van der Waals surface area contributed by atoms with Gasteiger partial charge >= 0.3 is 6.18 Å². The van der Waals surface area contributed by atoms with Gasteiger partial charge in [0.05, 0.1) is 5.56 Å². The molecule has 0 saturated carbocycles. The van der Waals surface area contributed by atoms with Crippen LogP contribution in [0.3, 0.4) is 0 Å². The lowest BCUT2D eigenvalue weighted by molar-refractivity contribution is -0.137. The molecule has 0 aliphatic carbocycles. The van der Waals surface area contributed by atoms with Crippen LogP contribution in [0.15, 0.2) is 24.3 Å². The summed E-state index contributed by atoms with van der Waals surface area (Å²) in [5.41, 5.74) is 0.711. The van der Waals surface area contributed by atoms with Crippen molar-refractivity contribution in [2.45, 2.75) is 6.18 Å². The third-order valence-corrected chi connectivity index (χ3v) is 2.18. The van der Waals surface area contributed by atoms with Gasteiger partial charge in [0.25, 0.3) is 5.91 Å². The molecule has 2 N–H and O–H groups in total. The SMILES string of the molecule is O=C(/C=C/c1ccc(C(F)(F)F)cc1Cl)NO. The molecule has 0 fully saturated rings. The van der Waals surface area contributed by atoms with E-state index in [4.69, 9.17) is 16.8 Å². The van der Waals surface area contributed by atoms with Gasteiger partial charge in [0, 0.05) is 11.1 Å². The molecule has 1 amide bonds. The van der Waals surface area contributed by atoms with Crippen molar-refractivity contribution < 1.29 is 23.2 Å². The van der Waals surface area contributed by atoms with Crippen molar-refractivity contribution in [2.24, 2.45) is 0 Å². The van der Waals surface area contributed by atoms with Gasteiger partial charge in [-0.05, 0) is 23.8 Å². The molecule has 0 heterocycles. The average Bonchev–Trinajstić information content (AvgIpc) is 2.25. The lowest BCUT2D eigenvalue weighted by atomic mass is 10.1. The fraction of sp³-hybridized carbons (Fsp3) is 0.100. The van der Waals surface area contributed by atoms with Crippen LogP contribution in [0, 0.1) is 0 Å². The second-order valence-electron chi connectivity index (χ2n) is 3.04. The topological polar surface area (TPSA) is 49.3 Å². The normalized spacial score (nSPS) is 11.8. The quantitative estimate of drug-likeness (QED) is 0.491. The Hall–Kier alpha value is -1.53. The number of hydrogen-bond donors (Lipinski definition) is 2. The minimum absolute atomic E-state index is 0.137. The van der Waals surface area contributed by atoms with Gasteiger partial charge < -0.3 is 0 Å². The molecule has 0 spiro atoms. The molecule has 1 aromatic rings. The minimum Gasteiger partial charge on any atom is -0.288 e. The monoisotopic (exact) mass is 265 g/mol. The second kappa shape index (κ2) is 5.20. The summed E-state index contributed by atoms with van der Waals surface area (Å²) in [7, 11) is 0. The van der Waals surface area contributed by atoms with Gasteiger partial charge in [-0.1, -0.05) is 17.7 Å². The number of hydrogen-bond acceptors (Lipinski definition) is 2. The Kier molecular flexibility index (Phi) is 4.14. The first kappa shape index (κ1) is 13.5. The summed E-state index contributed by atoms with van der Waals surface area (Å²) < 4.78 is 36.9. The Labute approximate surface area is 99.5 Å². The maximum atomic E-state index is 12.3. The average molecular weight is 266 g/mol. The van der Waals surface area contributed by atoms with Crippen molar-refractivity contribution in [1.29, 1.82) is 0 Å². The molecular formula is C10H7ClF3NO2. The summed E-state index contributed by atoms with van der Waals surface area (Å²) in [5.74, 6) is -0.805. The van der Waals surface area contributed by atoms with Gasteiger partial charge in [0.2, 0.25) is 0 Å². The van der Waals surface area contributed by atoms with Gasteiger partial charge in [0.1, 0.15) is 0 Å². The predicted molar refractivity (Wildman–Crippen MR) is 55.4 cm³/mol. The number of alkyl halides is 3. The molecule has 92 valence electrons. The molecule has 0 aliphatic heterocycles. The number of benzene rings is 1. The van der Waals surface area contributed by atoms with Crippen LogP contribution in [0.4, 0.5) is 13.2 Å². The van der Waals surface area contributed by atoms with Crippen LogP contribution in [0.2, 0.25) is 5.02 Å². The minimum atomic E-state index is -4.46. The summed E-state index contributed by atoms with van der Waals surface area (Å²) in [5, 5.41) is 8.06. The van der Waals surface area contributed by atoms with Crippen LogP contribution < -0.4 is 5.48 Å². The lowest BCUT2D eigenvalue weighted by Crippen LogP contribution is -2.14. The van der Waals surface area contributed by atoms with Gasteiger partial charge in [0.15, 0.2) is 0 Å².